The van der Waals surface area contributed by atoms with Gasteiger partial charge in [0, 0.05) is 43.7 Å². The minimum atomic E-state index is -4.59. The number of alkyl halides is 3. The Hall–Kier alpha value is -4.13. The molecule has 0 bridgehead atoms. The molecule has 0 aliphatic heterocycles. The largest absolute Gasteiger partial charge is 0.512 e. The zero-order chi connectivity index (χ0) is 37.1. The molecule has 1 aromatic heterocycles. The number of allylic oxidation sites excluding steroid dienone is 2. The Morgan fingerprint density at radius 3 is 2.00 bits per heavy atom. The molecule has 0 fully saturated rings. The van der Waals surface area contributed by atoms with E-state index in [1.807, 2.05) is 76.2 Å². The van der Waals surface area contributed by atoms with Crippen molar-refractivity contribution >= 4 is 49.0 Å². The molecule has 0 saturated carbocycles. The summed E-state index contributed by atoms with van der Waals surface area (Å²) in [4.78, 5) is 20.4. The number of nitrogens with zero attached hydrogens (tertiary/aromatic N) is 2. The molecule has 6 rings (SSSR count). The Morgan fingerprint density at radius 1 is 0.769 bits per heavy atom. The predicted molar refractivity (Wildman–Crippen MR) is 204 cm³/mol. The number of ketones is 1. The molecule has 275 valence electrons. The standard InChI is InChI=1S/C31H22F3N2.C13H24O2.Ir/c1-30(2,3)26-15-20(14-19-9-5-7-11-22(19)26)28-25-16-24-21-10-6-4-8-18(21)12-13-23(24)27(31(32,33)34)29(25)36-17-35-28;1-5-10(6-2)12(14)9-13(15)11(7-3)8-4;/h4-13,15-17H,1-3H3;9-11,14H,5-8H2,1-4H3;/q-1;;/b;12-9-;. The molecule has 1 N–H and O–H groups in total. The van der Waals surface area contributed by atoms with Gasteiger partial charge in [0.05, 0.1) is 16.8 Å². The van der Waals surface area contributed by atoms with E-state index in [1.165, 1.54) is 12.4 Å². The van der Waals surface area contributed by atoms with Crippen molar-refractivity contribution in [2.45, 2.75) is 85.7 Å². The molecule has 0 aliphatic rings. The van der Waals surface area contributed by atoms with Gasteiger partial charge in [-0.15, -0.1) is 29.1 Å². The fourth-order valence-electron chi connectivity index (χ4n) is 6.93. The van der Waals surface area contributed by atoms with Crippen molar-refractivity contribution in [2.24, 2.45) is 11.8 Å². The van der Waals surface area contributed by atoms with Gasteiger partial charge in [-0.3, -0.25) is 9.78 Å². The molecule has 0 aliphatic carbocycles. The van der Waals surface area contributed by atoms with Crippen LogP contribution in [0, 0.1) is 17.9 Å². The minimum Gasteiger partial charge on any atom is -0.512 e. The quantitative estimate of drug-likeness (QED) is 0.0544. The van der Waals surface area contributed by atoms with Crippen LogP contribution in [0.5, 0.6) is 0 Å². The van der Waals surface area contributed by atoms with Gasteiger partial charge in [-0.25, -0.2) is 4.98 Å². The summed E-state index contributed by atoms with van der Waals surface area (Å²) in [6.45, 7) is 14.4. The van der Waals surface area contributed by atoms with Gasteiger partial charge in [0.1, 0.15) is 6.33 Å². The number of aliphatic hydroxyl groups excluding tert-OH is 1. The summed E-state index contributed by atoms with van der Waals surface area (Å²) in [5, 5.41) is 14.4. The summed E-state index contributed by atoms with van der Waals surface area (Å²) in [6, 6.07) is 25.9. The smallest absolute Gasteiger partial charge is 0.419 e. The number of carbonyl (C=O) groups excluding carboxylic acids is 1. The van der Waals surface area contributed by atoms with Crippen molar-refractivity contribution in [2.75, 3.05) is 0 Å². The second-order valence-corrected chi connectivity index (χ2v) is 14.1. The van der Waals surface area contributed by atoms with E-state index < -0.39 is 11.7 Å². The van der Waals surface area contributed by atoms with Crippen LogP contribution in [0.25, 0.3) is 54.5 Å². The molecule has 5 aromatic carbocycles. The average Bonchev–Trinajstić information content (AvgIpc) is 3.10. The molecule has 0 atom stereocenters. The SMILES string of the molecule is CC(C)(C)c1cc(-c2ncnc3c(C(F)(F)F)c4ccc5ccccc5c4cc23)[c-]c2ccccc12.CCC(CC)C(=O)/C=C(\O)C(CC)CC.[Ir]. The van der Waals surface area contributed by atoms with E-state index >= 15 is 0 Å². The van der Waals surface area contributed by atoms with E-state index in [4.69, 9.17) is 0 Å². The van der Waals surface area contributed by atoms with Gasteiger partial charge in [0.2, 0.25) is 0 Å². The van der Waals surface area contributed by atoms with Gasteiger partial charge in [-0.1, -0.05) is 114 Å². The van der Waals surface area contributed by atoms with Crippen LogP contribution in [0.2, 0.25) is 0 Å². The van der Waals surface area contributed by atoms with Crippen LogP contribution in [-0.2, 0) is 36.5 Å². The Morgan fingerprint density at radius 2 is 1.38 bits per heavy atom. The van der Waals surface area contributed by atoms with E-state index in [1.54, 1.807) is 18.2 Å². The Labute approximate surface area is 317 Å². The Balaban J connectivity index is 0.000000323. The number of hydrogen-bond donors (Lipinski definition) is 1. The predicted octanol–water partition coefficient (Wildman–Crippen LogP) is 12.7. The van der Waals surface area contributed by atoms with Crippen molar-refractivity contribution < 1.29 is 43.2 Å². The molecule has 0 unspecified atom stereocenters. The zero-order valence-electron chi connectivity index (χ0n) is 30.8. The fraction of sp³-hybridized carbons (Fsp3) is 0.341. The second kappa shape index (κ2) is 16.7. The van der Waals surface area contributed by atoms with E-state index in [0.717, 1.165) is 52.8 Å². The van der Waals surface area contributed by atoms with Crippen molar-refractivity contribution in [1.82, 2.24) is 9.97 Å². The van der Waals surface area contributed by atoms with Crippen LogP contribution >= 0.6 is 0 Å². The number of aliphatic hydroxyl groups is 1. The first kappa shape index (κ1) is 40.6. The second-order valence-electron chi connectivity index (χ2n) is 14.1. The maximum Gasteiger partial charge on any atom is 0.419 e. The third-order valence-electron chi connectivity index (χ3n) is 9.85. The normalized spacial score (nSPS) is 12.4. The summed E-state index contributed by atoms with van der Waals surface area (Å²) in [5.74, 6) is 0.547. The van der Waals surface area contributed by atoms with E-state index in [0.29, 0.717) is 22.0 Å². The number of rotatable bonds is 8. The van der Waals surface area contributed by atoms with Crippen LogP contribution in [0.4, 0.5) is 13.2 Å². The van der Waals surface area contributed by atoms with E-state index in [-0.39, 0.29) is 59.8 Å². The molecular formula is C44H46F3IrN2O2-. The zero-order valence-corrected chi connectivity index (χ0v) is 33.2. The van der Waals surface area contributed by atoms with Crippen LogP contribution in [0.15, 0.2) is 91.0 Å². The van der Waals surface area contributed by atoms with Crippen LogP contribution in [-0.4, -0.2) is 20.9 Å². The van der Waals surface area contributed by atoms with E-state index in [9.17, 15) is 23.1 Å². The summed E-state index contributed by atoms with van der Waals surface area (Å²) in [7, 11) is 0. The molecule has 8 heteroatoms. The third kappa shape index (κ3) is 8.40. The van der Waals surface area contributed by atoms with Crippen molar-refractivity contribution in [3.05, 3.63) is 108 Å². The summed E-state index contributed by atoms with van der Waals surface area (Å²) in [5.41, 5.74) is 1.15. The number of aromatic nitrogens is 2. The molecule has 0 amide bonds. The molecule has 52 heavy (non-hydrogen) atoms. The fourth-order valence-corrected chi connectivity index (χ4v) is 6.93. The minimum absolute atomic E-state index is 0. The van der Waals surface area contributed by atoms with Gasteiger partial charge in [-0.05, 0) is 64.1 Å². The van der Waals surface area contributed by atoms with Gasteiger partial charge in [-0.2, -0.15) is 13.2 Å². The molecule has 1 heterocycles. The Kier molecular flexibility index (Phi) is 13.0. The Bertz CT molecular complexity index is 2230. The molecule has 4 nitrogen and oxygen atoms in total. The number of hydrogen-bond acceptors (Lipinski definition) is 4. The number of benzene rings is 5. The van der Waals surface area contributed by atoms with Crippen LogP contribution in [0.1, 0.15) is 85.3 Å². The first-order valence-corrected chi connectivity index (χ1v) is 17.8. The van der Waals surface area contributed by atoms with Gasteiger partial charge in [0.15, 0.2) is 5.78 Å². The van der Waals surface area contributed by atoms with Gasteiger partial charge < -0.3 is 5.11 Å². The van der Waals surface area contributed by atoms with Gasteiger partial charge >= 0.3 is 6.18 Å². The van der Waals surface area contributed by atoms with Gasteiger partial charge in [0.25, 0.3) is 0 Å². The molecule has 0 spiro atoms. The third-order valence-corrected chi connectivity index (χ3v) is 9.85. The van der Waals surface area contributed by atoms with Crippen molar-refractivity contribution in [1.29, 1.82) is 0 Å². The van der Waals surface area contributed by atoms with Crippen molar-refractivity contribution in [3.8, 4) is 11.3 Å². The number of carbonyl (C=O) groups is 1. The molecule has 6 aromatic rings. The molecule has 0 saturated heterocycles. The van der Waals surface area contributed by atoms with Crippen molar-refractivity contribution in [3.63, 3.8) is 0 Å². The summed E-state index contributed by atoms with van der Waals surface area (Å²) >= 11 is 0. The topological polar surface area (TPSA) is 63.1 Å². The first-order chi connectivity index (χ1) is 24.2. The first-order valence-electron chi connectivity index (χ1n) is 17.8. The molecule has 1 radical (unpaired) electrons. The summed E-state index contributed by atoms with van der Waals surface area (Å²) < 4.78 is 43.6. The monoisotopic (exact) mass is 884 g/mol. The van der Waals surface area contributed by atoms with E-state index in [2.05, 4.69) is 42.9 Å². The maximum atomic E-state index is 14.5. The number of halogens is 3. The molecular weight excluding hydrogens is 838 g/mol. The number of fused-ring (bicyclic) bond motifs is 5. The maximum absolute atomic E-state index is 14.5. The van der Waals surface area contributed by atoms with Crippen LogP contribution in [0.3, 0.4) is 0 Å². The average molecular weight is 884 g/mol. The van der Waals surface area contributed by atoms with Crippen LogP contribution < -0.4 is 0 Å². The summed E-state index contributed by atoms with van der Waals surface area (Å²) in [6.07, 6.45) is 1.54.